The Kier molecular flexibility index (Phi) is 2.10. The number of hydrogen-bond acceptors (Lipinski definition) is 1. The Morgan fingerprint density at radius 3 is 2.56 bits per heavy atom. The van der Waals surface area contributed by atoms with Gasteiger partial charge in [-0.1, -0.05) is 13.3 Å². The summed E-state index contributed by atoms with van der Waals surface area (Å²) in [7, 11) is 0. The SMILES string of the molecule is CCC1CC(CC#N)C1. The molecule has 0 saturated heterocycles. The van der Waals surface area contributed by atoms with Crippen molar-refractivity contribution in [3.05, 3.63) is 0 Å². The zero-order valence-corrected chi connectivity index (χ0v) is 5.93. The first-order valence-electron chi connectivity index (χ1n) is 3.73. The van der Waals surface area contributed by atoms with E-state index in [2.05, 4.69) is 13.0 Å². The Morgan fingerprint density at radius 2 is 2.11 bits per heavy atom. The quantitative estimate of drug-likeness (QED) is 0.553. The summed E-state index contributed by atoms with van der Waals surface area (Å²) in [4.78, 5) is 0. The Labute approximate surface area is 56.7 Å². The first kappa shape index (κ1) is 6.61. The van der Waals surface area contributed by atoms with Gasteiger partial charge in [-0.2, -0.15) is 5.26 Å². The average molecular weight is 123 g/mol. The highest BCUT2D eigenvalue weighted by molar-refractivity contribution is 4.85. The molecule has 0 heterocycles. The zero-order valence-electron chi connectivity index (χ0n) is 5.93. The highest BCUT2D eigenvalue weighted by Gasteiger charge is 2.26. The van der Waals surface area contributed by atoms with Crippen molar-refractivity contribution in [1.29, 1.82) is 5.26 Å². The highest BCUT2D eigenvalue weighted by Crippen LogP contribution is 2.37. The van der Waals surface area contributed by atoms with Crippen LogP contribution in [0.15, 0.2) is 0 Å². The third kappa shape index (κ3) is 1.45. The summed E-state index contributed by atoms with van der Waals surface area (Å²) < 4.78 is 0. The lowest BCUT2D eigenvalue weighted by atomic mass is 9.72. The van der Waals surface area contributed by atoms with Gasteiger partial charge >= 0.3 is 0 Å². The van der Waals surface area contributed by atoms with Crippen molar-refractivity contribution in [2.24, 2.45) is 11.8 Å². The molecule has 1 aliphatic rings. The molecule has 1 rings (SSSR count). The average Bonchev–Trinajstić information content (AvgIpc) is 1.77. The van der Waals surface area contributed by atoms with Crippen LogP contribution in [0.4, 0.5) is 0 Å². The summed E-state index contributed by atoms with van der Waals surface area (Å²) in [6.07, 6.45) is 4.71. The number of rotatable bonds is 2. The summed E-state index contributed by atoms with van der Waals surface area (Å²) in [5, 5.41) is 8.31. The van der Waals surface area contributed by atoms with Gasteiger partial charge in [0.15, 0.2) is 0 Å². The topological polar surface area (TPSA) is 23.8 Å². The second-order valence-electron chi connectivity index (χ2n) is 2.97. The molecule has 0 bridgehead atoms. The molecule has 1 fully saturated rings. The molecule has 1 aliphatic carbocycles. The van der Waals surface area contributed by atoms with Gasteiger partial charge in [0, 0.05) is 6.42 Å². The van der Waals surface area contributed by atoms with Gasteiger partial charge in [0.25, 0.3) is 0 Å². The van der Waals surface area contributed by atoms with Crippen LogP contribution < -0.4 is 0 Å². The van der Waals surface area contributed by atoms with Crippen molar-refractivity contribution < 1.29 is 0 Å². The van der Waals surface area contributed by atoms with E-state index in [0.29, 0.717) is 0 Å². The molecule has 0 unspecified atom stereocenters. The molecule has 0 amide bonds. The molecule has 50 valence electrons. The van der Waals surface area contributed by atoms with Gasteiger partial charge in [0.05, 0.1) is 6.07 Å². The molecular formula is C8H13N. The molecule has 0 aromatic rings. The van der Waals surface area contributed by atoms with Crippen molar-refractivity contribution in [2.75, 3.05) is 0 Å². The van der Waals surface area contributed by atoms with Gasteiger partial charge in [0.1, 0.15) is 0 Å². The minimum absolute atomic E-state index is 0.750. The van der Waals surface area contributed by atoms with Crippen molar-refractivity contribution in [2.45, 2.75) is 32.6 Å². The van der Waals surface area contributed by atoms with Gasteiger partial charge in [0.2, 0.25) is 0 Å². The minimum atomic E-state index is 0.750. The van der Waals surface area contributed by atoms with Crippen LogP contribution in [0.25, 0.3) is 0 Å². The highest BCUT2D eigenvalue weighted by atomic mass is 14.3. The largest absolute Gasteiger partial charge is 0.198 e. The van der Waals surface area contributed by atoms with Gasteiger partial charge in [-0.25, -0.2) is 0 Å². The first-order valence-corrected chi connectivity index (χ1v) is 3.73. The molecular weight excluding hydrogens is 110 g/mol. The van der Waals surface area contributed by atoms with Gasteiger partial charge in [-0.15, -0.1) is 0 Å². The fraction of sp³-hybridized carbons (Fsp3) is 0.875. The molecule has 0 spiro atoms. The lowest BCUT2D eigenvalue weighted by molar-refractivity contribution is 0.192. The van der Waals surface area contributed by atoms with Crippen LogP contribution in [0.1, 0.15) is 32.6 Å². The Balaban J connectivity index is 2.06. The van der Waals surface area contributed by atoms with Crippen LogP contribution in [0.5, 0.6) is 0 Å². The molecule has 1 saturated carbocycles. The van der Waals surface area contributed by atoms with E-state index in [-0.39, 0.29) is 0 Å². The summed E-state index contributed by atoms with van der Waals surface area (Å²) in [6, 6.07) is 2.21. The molecule has 1 nitrogen and oxygen atoms in total. The Bertz CT molecular complexity index is 117. The summed E-state index contributed by atoms with van der Waals surface area (Å²) in [5.41, 5.74) is 0. The monoisotopic (exact) mass is 123 g/mol. The van der Waals surface area contributed by atoms with E-state index < -0.39 is 0 Å². The van der Waals surface area contributed by atoms with Crippen LogP contribution in [0.2, 0.25) is 0 Å². The summed E-state index contributed by atoms with van der Waals surface area (Å²) in [6.45, 7) is 2.23. The zero-order chi connectivity index (χ0) is 6.69. The van der Waals surface area contributed by atoms with Gasteiger partial charge < -0.3 is 0 Å². The molecule has 0 aliphatic heterocycles. The van der Waals surface area contributed by atoms with Crippen LogP contribution in [-0.4, -0.2) is 0 Å². The third-order valence-electron chi connectivity index (χ3n) is 2.29. The number of nitriles is 1. The van der Waals surface area contributed by atoms with Crippen molar-refractivity contribution >= 4 is 0 Å². The van der Waals surface area contributed by atoms with Crippen molar-refractivity contribution in [3.8, 4) is 6.07 Å². The molecule has 9 heavy (non-hydrogen) atoms. The van der Waals surface area contributed by atoms with Gasteiger partial charge in [-0.05, 0) is 24.7 Å². The smallest absolute Gasteiger partial charge is 0.0624 e. The third-order valence-corrected chi connectivity index (χ3v) is 2.29. The molecule has 0 N–H and O–H groups in total. The van der Waals surface area contributed by atoms with Crippen LogP contribution in [0, 0.1) is 23.2 Å². The minimum Gasteiger partial charge on any atom is -0.198 e. The van der Waals surface area contributed by atoms with E-state index in [9.17, 15) is 0 Å². The van der Waals surface area contributed by atoms with E-state index in [1.807, 2.05) is 0 Å². The lowest BCUT2D eigenvalue weighted by Gasteiger charge is -2.32. The normalized spacial score (nSPS) is 32.9. The van der Waals surface area contributed by atoms with E-state index in [1.165, 1.54) is 19.3 Å². The van der Waals surface area contributed by atoms with E-state index in [4.69, 9.17) is 5.26 Å². The fourth-order valence-electron chi connectivity index (χ4n) is 1.50. The fourth-order valence-corrected chi connectivity index (χ4v) is 1.50. The molecule has 1 heteroatoms. The van der Waals surface area contributed by atoms with E-state index >= 15 is 0 Å². The Morgan fingerprint density at radius 1 is 1.44 bits per heavy atom. The van der Waals surface area contributed by atoms with Crippen molar-refractivity contribution in [3.63, 3.8) is 0 Å². The Hall–Kier alpha value is -0.510. The maximum absolute atomic E-state index is 8.31. The van der Waals surface area contributed by atoms with Gasteiger partial charge in [-0.3, -0.25) is 0 Å². The molecule has 0 atom stereocenters. The molecule has 0 aromatic carbocycles. The van der Waals surface area contributed by atoms with Crippen molar-refractivity contribution in [1.82, 2.24) is 0 Å². The predicted octanol–water partition coefficient (Wildman–Crippen LogP) is 2.34. The maximum atomic E-state index is 8.31. The van der Waals surface area contributed by atoms with Crippen LogP contribution in [0.3, 0.4) is 0 Å². The number of nitrogens with zero attached hydrogens (tertiary/aromatic N) is 1. The number of hydrogen-bond donors (Lipinski definition) is 0. The summed E-state index contributed by atoms with van der Waals surface area (Å²) in [5.74, 6) is 1.70. The standard InChI is InChI=1S/C8H13N/c1-2-7-5-8(6-7)3-4-9/h7-8H,2-3,5-6H2,1H3. The van der Waals surface area contributed by atoms with E-state index in [0.717, 1.165) is 18.3 Å². The van der Waals surface area contributed by atoms with Crippen LogP contribution in [-0.2, 0) is 0 Å². The lowest BCUT2D eigenvalue weighted by Crippen LogP contribution is -2.22. The maximum Gasteiger partial charge on any atom is 0.0624 e. The molecule has 0 aromatic heterocycles. The molecule has 0 radical (unpaired) electrons. The summed E-state index contributed by atoms with van der Waals surface area (Å²) >= 11 is 0. The second kappa shape index (κ2) is 2.87. The van der Waals surface area contributed by atoms with Crippen LogP contribution >= 0.6 is 0 Å². The predicted molar refractivity (Wildman–Crippen MR) is 36.7 cm³/mol. The first-order chi connectivity index (χ1) is 4.36. The second-order valence-corrected chi connectivity index (χ2v) is 2.97. The van der Waals surface area contributed by atoms with E-state index in [1.54, 1.807) is 0 Å².